The average Bonchev–Trinajstić information content (AvgIpc) is 3.15. The molecule has 2 aliphatic heterocycles. The maximum absolute atomic E-state index is 13.2. The van der Waals surface area contributed by atoms with E-state index < -0.39 is 17.8 Å². The fourth-order valence-corrected chi connectivity index (χ4v) is 4.16. The lowest BCUT2D eigenvalue weighted by molar-refractivity contribution is -0.0232. The van der Waals surface area contributed by atoms with E-state index in [-0.39, 0.29) is 40.8 Å². The number of allylic oxidation sites excluding steroid dienone is 2. The number of Topliss-reactive ketones (excluding diaryl/α,β-unsaturated/α-hetero) is 1. The van der Waals surface area contributed by atoms with Crippen molar-refractivity contribution in [2.24, 2.45) is 0 Å². The number of aromatic hydroxyl groups is 3. The molecule has 32 heavy (non-hydrogen) atoms. The number of aliphatic hydroxyl groups is 1. The van der Waals surface area contributed by atoms with Crippen LogP contribution in [0.2, 0.25) is 0 Å². The highest BCUT2D eigenvalue weighted by molar-refractivity contribution is 6.04. The summed E-state index contributed by atoms with van der Waals surface area (Å²) in [5, 5.41) is 41.1. The number of benzene rings is 2. The third-order valence-electron chi connectivity index (χ3n) is 6.00. The molecule has 2 aromatic rings. The Morgan fingerprint density at radius 1 is 1.09 bits per heavy atom. The summed E-state index contributed by atoms with van der Waals surface area (Å²) >= 11 is 0. The summed E-state index contributed by atoms with van der Waals surface area (Å²) in [5.74, 6) is -0.328. The molecule has 0 fully saturated rings. The molecular weight excluding hydrogens is 412 g/mol. The zero-order valence-corrected chi connectivity index (χ0v) is 18.6. The second kappa shape index (κ2) is 7.74. The first kappa shape index (κ1) is 22.0. The van der Waals surface area contributed by atoms with Gasteiger partial charge in [-0.05, 0) is 51.8 Å². The van der Waals surface area contributed by atoms with Crippen LogP contribution in [-0.2, 0) is 12.8 Å². The van der Waals surface area contributed by atoms with E-state index in [1.54, 1.807) is 19.9 Å². The number of phenolic OH excluding ortho intramolecular Hbond substituents is 3. The van der Waals surface area contributed by atoms with Gasteiger partial charge in [-0.25, -0.2) is 0 Å². The predicted molar refractivity (Wildman–Crippen MR) is 118 cm³/mol. The summed E-state index contributed by atoms with van der Waals surface area (Å²) in [6.07, 6.45) is 1.36. The number of hydrogen-bond acceptors (Lipinski definition) is 7. The van der Waals surface area contributed by atoms with Crippen LogP contribution in [0.1, 0.15) is 67.3 Å². The normalized spacial score (nSPS) is 19.6. The number of rotatable bonds is 4. The second-order valence-electron chi connectivity index (χ2n) is 9.27. The van der Waals surface area contributed by atoms with Gasteiger partial charge < -0.3 is 29.9 Å². The number of ether oxygens (including phenoxy) is 2. The van der Waals surface area contributed by atoms with Crippen molar-refractivity contribution in [3.63, 3.8) is 0 Å². The largest absolute Gasteiger partial charge is 0.507 e. The molecule has 2 heterocycles. The second-order valence-corrected chi connectivity index (χ2v) is 9.27. The third kappa shape index (κ3) is 3.77. The van der Waals surface area contributed by atoms with Gasteiger partial charge in [0, 0.05) is 17.5 Å². The number of ketones is 1. The number of carbonyl (C=O) groups is 1. The summed E-state index contributed by atoms with van der Waals surface area (Å²) in [6, 6.07) is 4.28. The maximum Gasteiger partial charge on any atom is 0.174 e. The lowest BCUT2D eigenvalue weighted by Crippen LogP contribution is -2.39. The summed E-state index contributed by atoms with van der Waals surface area (Å²) < 4.78 is 12.3. The van der Waals surface area contributed by atoms with Gasteiger partial charge in [-0.1, -0.05) is 17.7 Å². The first-order chi connectivity index (χ1) is 15.0. The van der Waals surface area contributed by atoms with Gasteiger partial charge in [-0.15, -0.1) is 0 Å². The molecule has 0 saturated heterocycles. The van der Waals surface area contributed by atoms with E-state index >= 15 is 0 Å². The first-order valence-corrected chi connectivity index (χ1v) is 10.6. The van der Waals surface area contributed by atoms with Gasteiger partial charge in [-0.2, -0.15) is 0 Å². The molecular formula is C25H28O7. The number of carbonyl (C=O) groups excluding carboxylic acids is 1. The van der Waals surface area contributed by atoms with Crippen molar-refractivity contribution in [3.8, 4) is 28.7 Å². The van der Waals surface area contributed by atoms with Crippen LogP contribution in [0.25, 0.3) is 0 Å². The standard InChI is InChI=1S/C25H28O7/c1-12(2)5-7-14-22(29)21-18(28)11-19(13-6-8-16(26)17(27)9-13)31-24(21)15-10-20(25(3,4)30)32-23(14)15/h5-6,8-9,19-20,26-27,29-30H,7,10-11H2,1-4H3/t19-,20?/m0/s1. The lowest BCUT2D eigenvalue weighted by Gasteiger charge is -2.28. The fourth-order valence-electron chi connectivity index (χ4n) is 4.16. The SMILES string of the molecule is CC(C)=CCc1c(O)c2c(c3c1OC(C(C)(C)O)C3)O[C@H](c1ccc(O)c(O)c1)CC2=O. The number of fused-ring (bicyclic) bond motifs is 3. The Hall–Kier alpha value is -3.19. The van der Waals surface area contributed by atoms with Crippen molar-refractivity contribution >= 4 is 5.78 Å². The van der Waals surface area contributed by atoms with E-state index in [1.807, 2.05) is 19.9 Å². The monoisotopic (exact) mass is 440 g/mol. The summed E-state index contributed by atoms with van der Waals surface area (Å²) in [4.78, 5) is 13.2. The smallest absolute Gasteiger partial charge is 0.174 e. The Kier molecular flexibility index (Phi) is 5.33. The van der Waals surface area contributed by atoms with Gasteiger partial charge in [0.05, 0.1) is 12.0 Å². The zero-order chi connectivity index (χ0) is 23.4. The van der Waals surface area contributed by atoms with Crippen LogP contribution < -0.4 is 9.47 Å². The van der Waals surface area contributed by atoms with Crippen LogP contribution in [0.15, 0.2) is 29.8 Å². The van der Waals surface area contributed by atoms with E-state index in [0.29, 0.717) is 35.3 Å². The number of hydrogen-bond donors (Lipinski definition) is 4. The lowest BCUT2D eigenvalue weighted by atomic mass is 9.88. The van der Waals surface area contributed by atoms with Gasteiger partial charge in [0.15, 0.2) is 17.3 Å². The molecule has 2 aromatic carbocycles. The third-order valence-corrected chi connectivity index (χ3v) is 6.00. The van der Waals surface area contributed by atoms with Crippen LogP contribution in [0, 0.1) is 0 Å². The molecule has 2 atom stereocenters. The molecule has 0 bridgehead atoms. The molecule has 0 amide bonds. The molecule has 2 aliphatic rings. The maximum atomic E-state index is 13.2. The molecule has 170 valence electrons. The van der Waals surface area contributed by atoms with Gasteiger partial charge in [0.1, 0.15) is 35.0 Å². The molecule has 0 aromatic heterocycles. The first-order valence-electron chi connectivity index (χ1n) is 10.6. The molecule has 0 saturated carbocycles. The van der Waals surface area contributed by atoms with E-state index in [4.69, 9.17) is 9.47 Å². The van der Waals surface area contributed by atoms with E-state index in [2.05, 4.69) is 0 Å². The van der Waals surface area contributed by atoms with Gasteiger partial charge in [-0.3, -0.25) is 4.79 Å². The van der Waals surface area contributed by atoms with Crippen molar-refractivity contribution in [2.75, 3.05) is 0 Å². The molecule has 0 radical (unpaired) electrons. The van der Waals surface area contributed by atoms with Crippen molar-refractivity contribution in [2.45, 2.75) is 64.8 Å². The van der Waals surface area contributed by atoms with Crippen molar-refractivity contribution in [1.82, 2.24) is 0 Å². The van der Waals surface area contributed by atoms with Crippen LogP contribution in [0.3, 0.4) is 0 Å². The Bertz CT molecular complexity index is 1120. The fraction of sp³-hybridized carbons (Fsp3) is 0.400. The molecule has 7 heteroatoms. The van der Waals surface area contributed by atoms with E-state index in [9.17, 15) is 25.2 Å². The summed E-state index contributed by atoms with van der Waals surface area (Å²) in [7, 11) is 0. The highest BCUT2D eigenvalue weighted by Crippen LogP contribution is 2.52. The summed E-state index contributed by atoms with van der Waals surface area (Å²) in [6.45, 7) is 7.20. The van der Waals surface area contributed by atoms with Crippen LogP contribution in [-0.4, -0.2) is 37.9 Å². The van der Waals surface area contributed by atoms with Crippen LogP contribution in [0.4, 0.5) is 0 Å². The van der Waals surface area contributed by atoms with Crippen molar-refractivity contribution < 1.29 is 34.7 Å². The minimum absolute atomic E-state index is 0.0264. The average molecular weight is 440 g/mol. The zero-order valence-electron chi connectivity index (χ0n) is 18.6. The molecule has 4 rings (SSSR count). The van der Waals surface area contributed by atoms with Crippen molar-refractivity contribution in [3.05, 3.63) is 52.1 Å². The topological polar surface area (TPSA) is 116 Å². The highest BCUT2D eigenvalue weighted by Gasteiger charge is 2.43. The predicted octanol–water partition coefficient (Wildman–Crippen LogP) is 4.09. The Morgan fingerprint density at radius 2 is 1.81 bits per heavy atom. The molecule has 0 spiro atoms. The highest BCUT2D eigenvalue weighted by atomic mass is 16.5. The van der Waals surface area contributed by atoms with E-state index in [0.717, 1.165) is 5.57 Å². The molecule has 7 nitrogen and oxygen atoms in total. The molecule has 4 N–H and O–H groups in total. The minimum Gasteiger partial charge on any atom is -0.507 e. The quantitative estimate of drug-likeness (QED) is 0.418. The van der Waals surface area contributed by atoms with Gasteiger partial charge in [0.25, 0.3) is 0 Å². The van der Waals surface area contributed by atoms with Crippen LogP contribution >= 0.6 is 0 Å². The van der Waals surface area contributed by atoms with Crippen LogP contribution in [0.5, 0.6) is 28.7 Å². The summed E-state index contributed by atoms with van der Waals surface area (Å²) in [5.41, 5.74) is 1.71. The minimum atomic E-state index is -1.14. The Balaban J connectivity index is 1.84. The Morgan fingerprint density at radius 3 is 2.44 bits per heavy atom. The van der Waals surface area contributed by atoms with Crippen molar-refractivity contribution in [1.29, 1.82) is 0 Å². The number of phenols is 3. The van der Waals surface area contributed by atoms with E-state index in [1.165, 1.54) is 12.1 Å². The van der Waals surface area contributed by atoms with Gasteiger partial charge >= 0.3 is 0 Å². The van der Waals surface area contributed by atoms with Gasteiger partial charge in [0.2, 0.25) is 0 Å². The molecule has 1 unspecified atom stereocenters. The Labute approximate surface area is 186 Å². The molecule has 0 aliphatic carbocycles.